The maximum absolute atomic E-state index is 11.8. The fourth-order valence-corrected chi connectivity index (χ4v) is 1.37. The molecular weight excluding hydrogens is 289 g/mol. The SMILES string of the molecule is NCc1ccc(OCC(=O)NCCOCC(F)(F)F)cc1. The van der Waals surface area contributed by atoms with Gasteiger partial charge in [0.15, 0.2) is 6.61 Å². The van der Waals surface area contributed by atoms with Crippen LogP contribution >= 0.6 is 0 Å². The molecule has 21 heavy (non-hydrogen) atoms. The Bertz CT molecular complexity index is 435. The van der Waals surface area contributed by atoms with Gasteiger partial charge in [-0.2, -0.15) is 13.2 Å². The average Bonchev–Trinajstić information content (AvgIpc) is 2.44. The van der Waals surface area contributed by atoms with E-state index in [1.807, 2.05) is 0 Å². The van der Waals surface area contributed by atoms with Crippen LogP contribution in [0.25, 0.3) is 0 Å². The van der Waals surface area contributed by atoms with E-state index in [0.717, 1.165) is 5.56 Å². The van der Waals surface area contributed by atoms with Crippen LogP contribution in [-0.4, -0.2) is 38.4 Å². The fourth-order valence-electron chi connectivity index (χ4n) is 1.37. The molecule has 0 saturated heterocycles. The summed E-state index contributed by atoms with van der Waals surface area (Å²) in [5.74, 6) is 0.0733. The lowest BCUT2D eigenvalue weighted by Gasteiger charge is -2.09. The molecule has 1 amide bonds. The minimum absolute atomic E-state index is 0.00954. The Morgan fingerprint density at radius 1 is 1.24 bits per heavy atom. The third kappa shape index (κ3) is 8.16. The van der Waals surface area contributed by atoms with E-state index in [1.165, 1.54) is 0 Å². The van der Waals surface area contributed by atoms with E-state index < -0.39 is 18.7 Å². The zero-order chi connectivity index (χ0) is 15.7. The maximum Gasteiger partial charge on any atom is 0.411 e. The number of rotatable bonds is 8. The van der Waals surface area contributed by atoms with Gasteiger partial charge in [0.2, 0.25) is 0 Å². The molecule has 5 nitrogen and oxygen atoms in total. The van der Waals surface area contributed by atoms with Crippen molar-refractivity contribution in [2.75, 3.05) is 26.4 Å². The van der Waals surface area contributed by atoms with Crippen LogP contribution in [0.5, 0.6) is 5.75 Å². The zero-order valence-electron chi connectivity index (χ0n) is 11.3. The highest BCUT2D eigenvalue weighted by Gasteiger charge is 2.27. The second-order valence-electron chi connectivity index (χ2n) is 4.15. The molecule has 0 aliphatic rings. The van der Waals surface area contributed by atoms with E-state index in [4.69, 9.17) is 10.5 Å². The van der Waals surface area contributed by atoms with Crippen molar-refractivity contribution in [1.29, 1.82) is 0 Å². The van der Waals surface area contributed by atoms with E-state index in [9.17, 15) is 18.0 Å². The number of hydrogen-bond acceptors (Lipinski definition) is 4. The summed E-state index contributed by atoms with van der Waals surface area (Å²) < 4.78 is 44.8. The molecule has 0 spiro atoms. The number of carbonyl (C=O) groups is 1. The summed E-state index contributed by atoms with van der Waals surface area (Å²) in [5.41, 5.74) is 6.38. The van der Waals surface area contributed by atoms with Crippen LogP contribution in [0.2, 0.25) is 0 Å². The van der Waals surface area contributed by atoms with Gasteiger partial charge in [-0.25, -0.2) is 0 Å². The van der Waals surface area contributed by atoms with Crippen LogP contribution in [0, 0.1) is 0 Å². The molecule has 0 radical (unpaired) electrons. The molecule has 0 bridgehead atoms. The van der Waals surface area contributed by atoms with Gasteiger partial charge >= 0.3 is 6.18 Å². The first kappa shape index (κ1) is 17.3. The smallest absolute Gasteiger partial charge is 0.411 e. The molecular formula is C13H17F3N2O3. The largest absolute Gasteiger partial charge is 0.484 e. The molecule has 118 valence electrons. The quantitative estimate of drug-likeness (QED) is 0.708. The number of carbonyl (C=O) groups excluding carboxylic acids is 1. The van der Waals surface area contributed by atoms with Gasteiger partial charge in [-0.05, 0) is 17.7 Å². The van der Waals surface area contributed by atoms with E-state index in [1.54, 1.807) is 24.3 Å². The molecule has 0 atom stereocenters. The normalized spacial score (nSPS) is 11.2. The van der Waals surface area contributed by atoms with Gasteiger partial charge in [0.25, 0.3) is 5.91 Å². The lowest BCUT2D eigenvalue weighted by Crippen LogP contribution is -2.32. The molecule has 8 heteroatoms. The second-order valence-corrected chi connectivity index (χ2v) is 4.15. The van der Waals surface area contributed by atoms with Crippen molar-refractivity contribution in [1.82, 2.24) is 5.32 Å². The highest BCUT2D eigenvalue weighted by molar-refractivity contribution is 5.77. The monoisotopic (exact) mass is 306 g/mol. The summed E-state index contributed by atoms with van der Waals surface area (Å²) in [5, 5.41) is 2.39. The Morgan fingerprint density at radius 2 is 1.90 bits per heavy atom. The number of hydrogen-bond donors (Lipinski definition) is 2. The summed E-state index contributed by atoms with van der Waals surface area (Å²) in [6.45, 7) is -1.35. The molecule has 0 fully saturated rings. The van der Waals surface area contributed by atoms with Gasteiger partial charge in [-0.1, -0.05) is 12.1 Å². The highest BCUT2D eigenvalue weighted by atomic mass is 19.4. The standard InChI is InChI=1S/C13H17F3N2O3/c14-13(15,16)9-20-6-5-18-12(19)8-21-11-3-1-10(7-17)2-4-11/h1-4H,5-9,17H2,(H,18,19). The lowest BCUT2D eigenvalue weighted by atomic mass is 10.2. The molecule has 0 aromatic heterocycles. The summed E-state index contributed by atoms with van der Waals surface area (Å²) in [6.07, 6.45) is -4.36. The Labute approximate surface area is 120 Å². The van der Waals surface area contributed by atoms with Crippen LogP contribution in [0.15, 0.2) is 24.3 Å². The van der Waals surface area contributed by atoms with Crippen molar-refractivity contribution in [2.45, 2.75) is 12.7 Å². The lowest BCUT2D eigenvalue weighted by molar-refractivity contribution is -0.173. The minimum Gasteiger partial charge on any atom is -0.484 e. The van der Waals surface area contributed by atoms with E-state index in [0.29, 0.717) is 12.3 Å². The Balaban J connectivity index is 2.13. The molecule has 0 saturated carbocycles. The van der Waals surface area contributed by atoms with Gasteiger partial charge in [0, 0.05) is 13.1 Å². The number of amides is 1. The minimum atomic E-state index is -4.36. The average molecular weight is 306 g/mol. The molecule has 1 rings (SSSR count). The summed E-state index contributed by atoms with van der Waals surface area (Å²) in [6, 6.07) is 6.92. The number of halogens is 3. The van der Waals surface area contributed by atoms with Gasteiger partial charge < -0.3 is 20.5 Å². The van der Waals surface area contributed by atoms with Crippen LogP contribution in [0.4, 0.5) is 13.2 Å². The van der Waals surface area contributed by atoms with Crippen LogP contribution in [0.3, 0.4) is 0 Å². The van der Waals surface area contributed by atoms with Crippen molar-refractivity contribution in [2.24, 2.45) is 5.73 Å². The first-order chi connectivity index (χ1) is 9.90. The third-order valence-corrected chi connectivity index (χ3v) is 2.36. The van der Waals surface area contributed by atoms with Gasteiger partial charge in [-0.3, -0.25) is 4.79 Å². The maximum atomic E-state index is 11.8. The van der Waals surface area contributed by atoms with E-state index >= 15 is 0 Å². The Kier molecular flexibility index (Phi) is 6.97. The van der Waals surface area contributed by atoms with Crippen LogP contribution in [-0.2, 0) is 16.1 Å². The molecule has 0 aliphatic heterocycles. The van der Waals surface area contributed by atoms with E-state index in [-0.39, 0.29) is 19.8 Å². The Morgan fingerprint density at radius 3 is 2.48 bits per heavy atom. The first-order valence-electron chi connectivity index (χ1n) is 6.24. The van der Waals surface area contributed by atoms with Crippen LogP contribution in [0.1, 0.15) is 5.56 Å². The Hall–Kier alpha value is -1.80. The summed E-state index contributed by atoms with van der Waals surface area (Å²) in [4.78, 5) is 11.4. The van der Waals surface area contributed by atoms with Crippen molar-refractivity contribution in [3.8, 4) is 5.75 Å². The summed E-state index contributed by atoms with van der Waals surface area (Å²) >= 11 is 0. The molecule has 0 unspecified atom stereocenters. The van der Waals surface area contributed by atoms with Crippen molar-refractivity contribution < 1.29 is 27.4 Å². The van der Waals surface area contributed by atoms with Gasteiger partial charge in [0.05, 0.1) is 6.61 Å². The van der Waals surface area contributed by atoms with Crippen LogP contribution < -0.4 is 15.8 Å². The number of alkyl halides is 3. The molecule has 0 aliphatic carbocycles. The zero-order valence-corrected chi connectivity index (χ0v) is 11.3. The first-order valence-corrected chi connectivity index (χ1v) is 6.24. The fraction of sp³-hybridized carbons (Fsp3) is 0.462. The molecule has 1 aromatic rings. The third-order valence-electron chi connectivity index (χ3n) is 2.36. The van der Waals surface area contributed by atoms with Crippen molar-refractivity contribution >= 4 is 5.91 Å². The predicted octanol–water partition coefficient (Wildman–Crippen LogP) is 1.22. The van der Waals surface area contributed by atoms with E-state index in [2.05, 4.69) is 10.1 Å². The number of ether oxygens (including phenoxy) is 2. The van der Waals surface area contributed by atoms with Crippen molar-refractivity contribution in [3.05, 3.63) is 29.8 Å². The topological polar surface area (TPSA) is 73.6 Å². The highest BCUT2D eigenvalue weighted by Crippen LogP contribution is 2.14. The molecule has 3 N–H and O–H groups in total. The second kappa shape index (κ2) is 8.48. The molecule has 0 heterocycles. The van der Waals surface area contributed by atoms with Gasteiger partial charge in [-0.15, -0.1) is 0 Å². The van der Waals surface area contributed by atoms with Crippen molar-refractivity contribution in [3.63, 3.8) is 0 Å². The van der Waals surface area contributed by atoms with Gasteiger partial charge in [0.1, 0.15) is 12.4 Å². The number of benzene rings is 1. The summed E-state index contributed by atoms with van der Waals surface area (Å²) in [7, 11) is 0. The number of nitrogens with two attached hydrogens (primary N) is 1. The number of nitrogens with one attached hydrogen (secondary N) is 1. The molecule has 1 aromatic carbocycles. The predicted molar refractivity (Wildman–Crippen MR) is 69.7 cm³/mol.